The summed E-state index contributed by atoms with van der Waals surface area (Å²) < 4.78 is 30.2. The van der Waals surface area contributed by atoms with Gasteiger partial charge in [0.2, 0.25) is 0 Å². The Kier molecular flexibility index (Phi) is 12.7. The molecule has 8 heteroatoms. The zero-order chi connectivity index (χ0) is 27.1. The molecule has 0 bridgehead atoms. The van der Waals surface area contributed by atoms with Crippen molar-refractivity contribution in [2.75, 3.05) is 0 Å². The van der Waals surface area contributed by atoms with E-state index in [0.717, 1.165) is 29.5 Å². The molecule has 3 rings (SSSR count). The van der Waals surface area contributed by atoms with Crippen LogP contribution in [-0.4, -0.2) is 6.10 Å². The molecule has 0 aromatic heterocycles. The summed E-state index contributed by atoms with van der Waals surface area (Å²) in [6.45, 7) is 9.94. The lowest BCUT2D eigenvalue weighted by molar-refractivity contribution is 0.0607. The van der Waals surface area contributed by atoms with Crippen LogP contribution in [0.2, 0.25) is 0 Å². The third-order valence-corrected chi connectivity index (χ3v) is 6.71. The number of hydrogen-bond acceptors (Lipinski definition) is 7. The molecule has 37 heavy (non-hydrogen) atoms. The van der Waals surface area contributed by atoms with Crippen molar-refractivity contribution in [3.05, 3.63) is 94.4 Å². The Hall–Kier alpha value is -3.31. The molecule has 0 saturated heterocycles. The smallest absolute Gasteiger partial charge is 0.386 e. The lowest BCUT2D eigenvalue weighted by Gasteiger charge is -2.19. The van der Waals surface area contributed by atoms with Gasteiger partial charge in [0, 0.05) is 0 Å². The third-order valence-electron chi connectivity index (χ3n) is 5.40. The summed E-state index contributed by atoms with van der Waals surface area (Å²) in [7, 11) is -3.93. The molecular formula is C29H38NO6P. The molecule has 0 N–H and O–H groups in total. The Labute approximate surface area is 220 Å². The number of benzene rings is 3. The van der Waals surface area contributed by atoms with E-state index in [4.69, 9.17) is 13.6 Å². The zero-order valence-electron chi connectivity index (χ0n) is 22.4. The van der Waals surface area contributed by atoms with E-state index in [0.29, 0.717) is 17.2 Å². The second-order valence-electron chi connectivity index (χ2n) is 9.00. The van der Waals surface area contributed by atoms with Crippen LogP contribution in [0.25, 0.3) is 0 Å². The lowest BCUT2D eigenvalue weighted by atomic mass is 10.1. The number of phosphoric acid groups is 1. The van der Waals surface area contributed by atoms with Crippen LogP contribution >= 0.6 is 7.82 Å². The van der Waals surface area contributed by atoms with Crippen molar-refractivity contribution in [3.63, 3.8) is 0 Å². The van der Waals surface area contributed by atoms with E-state index in [1.165, 1.54) is 19.3 Å². The van der Waals surface area contributed by atoms with Gasteiger partial charge in [0.1, 0.15) is 23.4 Å². The number of nitrogens with zero attached hydrogens (tertiary/aromatic N) is 1. The second-order valence-corrected chi connectivity index (χ2v) is 10.4. The molecule has 0 saturated carbocycles. The predicted octanol–water partition coefficient (Wildman–Crippen LogP) is 9.30. The highest BCUT2D eigenvalue weighted by atomic mass is 31.2. The van der Waals surface area contributed by atoms with Crippen LogP contribution in [0.1, 0.15) is 62.6 Å². The van der Waals surface area contributed by atoms with Gasteiger partial charge in [-0.15, -0.1) is 4.91 Å². The van der Waals surface area contributed by atoms with E-state index in [1.807, 2.05) is 64.1 Å². The van der Waals surface area contributed by atoms with Gasteiger partial charge in [0.25, 0.3) is 0 Å². The van der Waals surface area contributed by atoms with E-state index < -0.39 is 7.82 Å². The van der Waals surface area contributed by atoms with Crippen molar-refractivity contribution in [3.8, 4) is 17.2 Å². The van der Waals surface area contributed by atoms with E-state index in [2.05, 4.69) is 17.1 Å². The topological polar surface area (TPSA) is 83.4 Å². The van der Waals surface area contributed by atoms with Crippen LogP contribution in [0.4, 0.5) is 0 Å². The predicted molar refractivity (Wildman–Crippen MR) is 148 cm³/mol. The molecule has 3 aromatic rings. The number of hydrogen-bond donors (Lipinski definition) is 0. The highest BCUT2D eigenvalue weighted by Gasteiger charge is 2.33. The maximum Gasteiger partial charge on any atom is 0.647 e. The first-order valence-corrected chi connectivity index (χ1v) is 14.1. The molecule has 1 unspecified atom stereocenters. The van der Waals surface area contributed by atoms with Crippen LogP contribution in [0.5, 0.6) is 17.2 Å². The number of unbranched alkanes of at least 4 members (excludes halogenated alkanes) is 3. The molecule has 0 aliphatic heterocycles. The van der Waals surface area contributed by atoms with Crippen LogP contribution in [0, 0.1) is 25.7 Å². The standard InChI is InChI=1S/C21H21O4P.C8H17NO2/c1-16-4-10-19(11-5-16)23-26(22,24-20-12-6-17(2)7-13-20)25-21-14-8-18(3)9-15-21;1-3-4-5-6-7-8(2)11-9-10/h4-15H,1-3H3;8H,3-7H2,1-2H3. The summed E-state index contributed by atoms with van der Waals surface area (Å²) in [4.78, 5) is 14.1. The molecule has 0 aliphatic carbocycles. The van der Waals surface area contributed by atoms with Crippen molar-refractivity contribution in [2.24, 2.45) is 5.34 Å². The first-order chi connectivity index (χ1) is 17.7. The van der Waals surface area contributed by atoms with Gasteiger partial charge in [-0.05, 0) is 76.9 Å². The fourth-order valence-electron chi connectivity index (χ4n) is 3.23. The van der Waals surface area contributed by atoms with Gasteiger partial charge < -0.3 is 18.4 Å². The van der Waals surface area contributed by atoms with Crippen molar-refractivity contribution in [1.82, 2.24) is 0 Å². The molecule has 200 valence electrons. The molecule has 0 amide bonds. The maximum absolute atomic E-state index is 13.3. The summed E-state index contributed by atoms with van der Waals surface area (Å²) in [5.74, 6) is 1.24. The van der Waals surface area contributed by atoms with Crippen LogP contribution < -0.4 is 13.6 Å². The lowest BCUT2D eigenvalue weighted by Crippen LogP contribution is -2.07. The van der Waals surface area contributed by atoms with Gasteiger partial charge in [-0.25, -0.2) is 0 Å². The quantitative estimate of drug-likeness (QED) is 0.0953. The Morgan fingerprint density at radius 2 is 1.05 bits per heavy atom. The number of phosphoric ester groups is 1. The zero-order valence-corrected chi connectivity index (χ0v) is 23.3. The van der Waals surface area contributed by atoms with Crippen molar-refractivity contribution < 1.29 is 23.0 Å². The number of rotatable bonds is 13. The normalized spacial score (nSPS) is 11.5. The molecule has 7 nitrogen and oxygen atoms in total. The molecule has 0 fully saturated rings. The molecule has 1 atom stereocenters. The summed E-state index contributed by atoms with van der Waals surface area (Å²) >= 11 is 0. The Bertz CT molecular complexity index is 978. The fraction of sp³-hybridized carbons (Fsp3) is 0.379. The Morgan fingerprint density at radius 3 is 1.38 bits per heavy atom. The van der Waals surface area contributed by atoms with Crippen LogP contribution in [0.3, 0.4) is 0 Å². The van der Waals surface area contributed by atoms with Gasteiger partial charge in [-0.1, -0.05) is 79.3 Å². The van der Waals surface area contributed by atoms with Gasteiger partial charge in [-0.3, -0.25) is 0 Å². The SMILES string of the molecule is CCCCCCC(C)ON=O.Cc1ccc(OP(=O)(Oc2ccc(C)cc2)Oc2ccc(C)cc2)cc1. The highest BCUT2D eigenvalue weighted by Crippen LogP contribution is 2.49. The monoisotopic (exact) mass is 527 g/mol. The molecular weight excluding hydrogens is 489 g/mol. The summed E-state index contributed by atoms with van der Waals surface area (Å²) in [6.07, 6.45) is 5.78. The molecule has 0 spiro atoms. The van der Waals surface area contributed by atoms with E-state index in [-0.39, 0.29) is 6.10 Å². The molecule has 3 aromatic carbocycles. The second kappa shape index (κ2) is 15.7. The maximum atomic E-state index is 13.3. The van der Waals surface area contributed by atoms with Gasteiger partial charge in [-0.2, -0.15) is 4.57 Å². The summed E-state index contributed by atoms with van der Waals surface area (Å²) in [5.41, 5.74) is 3.23. The minimum Gasteiger partial charge on any atom is -0.386 e. The third kappa shape index (κ3) is 12.0. The van der Waals surface area contributed by atoms with Crippen LogP contribution in [-0.2, 0) is 9.40 Å². The van der Waals surface area contributed by atoms with Gasteiger partial charge in [0.05, 0.1) is 0 Å². The minimum atomic E-state index is -3.93. The summed E-state index contributed by atoms with van der Waals surface area (Å²) in [5, 5.41) is 2.38. The Balaban J connectivity index is 0.000000371. The Morgan fingerprint density at radius 1 is 0.676 bits per heavy atom. The van der Waals surface area contributed by atoms with Crippen molar-refractivity contribution >= 4 is 7.82 Å². The average molecular weight is 528 g/mol. The first kappa shape index (κ1) is 29.9. The summed E-state index contributed by atoms with van der Waals surface area (Å²) in [6, 6.07) is 21.6. The van der Waals surface area contributed by atoms with E-state index in [9.17, 15) is 9.47 Å². The highest BCUT2D eigenvalue weighted by molar-refractivity contribution is 7.49. The van der Waals surface area contributed by atoms with E-state index >= 15 is 0 Å². The van der Waals surface area contributed by atoms with E-state index in [1.54, 1.807) is 36.4 Å². The van der Waals surface area contributed by atoms with Crippen molar-refractivity contribution in [1.29, 1.82) is 0 Å². The average Bonchev–Trinajstić information content (AvgIpc) is 2.87. The largest absolute Gasteiger partial charge is 0.647 e. The molecule has 0 radical (unpaired) electrons. The van der Waals surface area contributed by atoms with Gasteiger partial charge in [0.15, 0.2) is 5.34 Å². The van der Waals surface area contributed by atoms with Crippen molar-refractivity contribution in [2.45, 2.75) is 72.8 Å². The molecule has 0 heterocycles. The first-order valence-electron chi connectivity index (χ1n) is 12.6. The number of aryl methyl sites for hydroxylation is 3. The minimum absolute atomic E-state index is 0.00986. The van der Waals surface area contributed by atoms with Gasteiger partial charge >= 0.3 is 7.82 Å². The fourth-order valence-corrected chi connectivity index (χ4v) is 4.48. The van der Waals surface area contributed by atoms with Crippen LogP contribution in [0.15, 0.2) is 78.1 Å². The molecule has 0 aliphatic rings.